The molecule has 1 aliphatic rings. The summed E-state index contributed by atoms with van der Waals surface area (Å²) >= 11 is 0. The Bertz CT molecular complexity index is 734. The van der Waals surface area contributed by atoms with Gasteiger partial charge >= 0.3 is 5.97 Å². The molecule has 3 amide bonds. The van der Waals surface area contributed by atoms with E-state index in [-0.39, 0.29) is 29.6 Å². The highest BCUT2D eigenvalue weighted by atomic mass is 16.4. The number of carboxylic acid groups (broad SMARTS) is 1. The molecule has 0 aromatic heterocycles. The van der Waals surface area contributed by atoms with Gasteiger partial charge in [-0.15, -0.1) is 0 Å². The molecule has 0 spiro atoms. The fraction of sp³-hybridized carbons (Fsp3) is 0.500. The Balaban J connectivity index is 1.96. The van der Waals surface area contributed by atoms with Crippen LogP contribution in [0, 0.1) is 11.3 Å². The van der Waals surface area contributed by atoms with Gasteiger partial charge in [0.25, 0.3) is 5.91 Å². The number of rotatable bonds is 7. The van der Waals surface area contributed by atoms with Crippen LogP contribution in [0.5, 0.6) is 0 Å². The number of amides is 3. The largest absolute Gasteiger partial charge is 0.480 e. The van der Waals surface area contributed by atoms with Gasteiger partial charge in [0.1, 0.15) is 6.04 Å². The molecule has 7 heteroatoms. The molecule has 0 aliphatic carbocycles. The average Bonchev–Trinajstić information content (AvgIpc) is 2.88. The van der Waals surface area contributed by atoms with E-state index in [4.69, 9.17) is 0 Å². The molecule has 27 heavy (non-hydrogen) atoms. The summed E-state index contributed by atoms with van der Waals surface area (Å²) < 4.78 is 0. The highest BCUT2D eigenvalue weighted by Gasteiger charge is 2.30. The van der Waals surface area contributed by atoms with Crippen LogP contribution in [0.1, 0.15) is 56.0 Å². The highest BCUT2D eigenvalue weighted by molar-refractivity contribution is 6.03. The minimum absolute atomic E-state index is 0.0199. The second kappa shape index (κ2) is 8.33. The molecule has 2 atom stereocenters. The van der Waals surface area contributed by atoms with E-state index in [1.807, 2.05) is 20.8 Å². The van der Waals surface area contributed by atoms with Crippen molar-refractivity contribution in [2.75, 3.05) is 0 Å². The summed E-state index contributed by atoms with van der Waals surface area (Å²) in [5.41, 5.74) is 1.17. The zero-order valence-electron chi connectivity index (χ0n) is 15.9. The van der Waals surface area contributed by atoms with Crippen molar-refractivity contribution in [3.05, 3.63) is 35.4 Å². The van der Waals surface area contributed by atoms with Crippen molar-refractivity contribution in [3.63, 3.8) is 0 Å². The number of hydrogen-bond donors (Lipinski definition) is 3. The van der Waals surface area contributed by atoms with E-state index in [1.54, 1.807) is 24.3 Å². The molecule has 1 aliphatic heterocycles. The van der Waals surface area contributed by atoms with Gasteiger partial charge in [0.05, 0.1) is 5.92 Å². The Labute approximate surface area is 158 Å². The summed E-state index contributed by atoms with van der Waals surface area (Å²) in [5.74, 6) is -2.43. The number of carboxylic acids is 1. The van der Waals surface area contributed by atoms with Crippen LogP contribution in [0.15, 0.2) is 24.3 Å². The first-order valence-electron chi connectivity index (χ1n) is 9.01. The predicted molar refractivity (Wildman–Crippen MR) is 99.0 cm³/mol. The standard InChI is InChI=1S/C20H26N2O5/c1-20(2,3)9-8-15(19(26)27)21-17(24)13-6-4-12(5-7-13)10-14-11-16(23)22-18(14)25/h4-7,14-15H,8-11H2,1-3H3,(H,21,24)(H,26,27)(H,22,23,25). The molecule has 3 N–H and O–H groups in total. The van der Waals surface area contributed by atoms with E-state index in [1.165, 1.54) is 0 Å². The number of carbonyl (C=O) groups is 4. The third-order valence-electron chi connectivity index (χ3n) is 4.55. The normalized spacial score (nSPS) is 18.1. The van der Waals surface area contributed by atoms with Crippen LogP contribution in [0.25, 0.3) is 0 Å². The number of nitrogens with one attached hydrogen (secondary N) is 2. The summed E-state index contributed by atoms with van der Waals surface area (Å²) in [6, 6.07) is 5.69. The van der Waals surface area contributed by atoms with Crippen molar-refractivity contribution in [3.8, 4) is 0 Å². The Morgan fingerprint density at radius 1 is 1.22 bits per heavy atom. The molecule has 146 valence electrons. The van der Waals surface area contributed by atoms with Crippen molar-refractivity contribution in [1.29, 1.82) is 0 Å². The van der Waals surface area contributed by atoms with Gasteiger partial charge in [-0.25, -0.2) is 4.79 Å². The van der Waals surface area contributed by atoms with Gasteiger partial charge < -0.3 is 10.4 Å². The van der Waals surface area contributed by atoms with Crippen molar-refractivity contribution in [2.24, 2.45) is 11.3 Å². The van der Waals surface area contributed by atoms with E-state index < -0.39 is 17.9 Å². The van der Waals surface area contributed by atoms with Crippen molar-refractivity contribution < 1.29 is 24.3 Å². The van der Waals surface area contributed by atoms with Crippen LogP contribution in [0.4, 0.5) is 0 Å². The summed E-state index contributed by atoms with van der Waals surface area (Å²) in [4.78, 5) is 46.6. The van der Waals surface area contributed by atoms with E-state index in [0.29, 0.717) is 24.8 Å². The fourth-order valence-electron chi connectivity index (χ4n) is 2.92. The number of aliphatic carboxylic acids is 1. The number of hydrogen-bond acceptors (Lipinski definition) is 4. The van der Waals surface area contributed by atoms with Gasteiger partial charge in [-0.05, 0) is 42.4 Å². The van der Waals surface area contributed by atoms with Crippen LogP contribution in [-0.2, 0) is 20.8 Å². The smallest absolute Gasteiger partial charge is 0.326 e. The number of benzene rings is 1. The van der Waals surface area contributed by atoms with Crippen LogP contribution < -0.4 is 10.6 Å². The number of carbonyl (C=O) groups excluding carboxylic acids is 3. The Hall–Kier alpha value is -2.70. The molecule has 0 bridgehead atoms. The Kier molecular flexibility index (Phi) is 6.36. The molecule has 0 saturated carbocycles. The zero-order chi connectivity index (χ0) is 20.2. The van der Waals surface area contributed by atoms with Gasteiger partial charge in [-0.3, -0.25) is 19.7 Å². The molecular weight excluding hydrogens is 348 g/mol. The molecule has 2 unspecified atom stereocenters. The van der Waals surface area contributed by atoms with Gasteiger partial charge in [-0.2, -0.15) is 0 Å². The lowest BCUT2D eigenvalue weighted by Crippen LogP contribution is -2.41. The first-order chi connectivity index (χ1) is 12.5. The molecule has 2 rings (SSSR count). The first-order valence-corrected chi connectivity index (χ1v) is 9.01. The van der Waals surface area contributed by atoms with Crippen LogP contribution in [-0.4, -0.2) is 34.8 Å². The topological polar surface area (TPSA) is 113 Å². The maximum atomic E-state index is 12.4. The lowest BCUT2D eigenvalue weighted by molar-refractivity contribution is -0.139. The lowest BCUT2D eigenvalue weighted by atomic mass is 9.88. The second-order valence-corrected chi connectivity index (χ2v) is 8.18. The summed E-state index contributed by atoms with van der Waals surface area (Å²) in [5, 5.41) is 14.2. The maximum absolute atomic E-state index is 12.4. The molecule has 1 heterocycles. The second-order valence-electron chi connectivity index (χ2n) is 8.18. The predicted octanol–water partition coefficient (Wildman–Crippen LogP) is 1.90. The average molecular weight is 374 g/mol. The van der Waals surface area contributed by atoms with Gasteiger partial charge in [-0.1, -0.05) is 32.9 Å². The number of imide groups is 1. The fourth-order valence-corrected chi connectivity index (χ4v) is 2.92. The van der Waals surface area contributed by atoms with Gasteiger partial charge in [0, 0.05) is 12.0 Å². The molecule has 1 fully saturated rings. The minimum atomic E-state index is -1.05. The summed E-state index contributed by atoms with van der Waals surface area (Å²) in [7, 11) is 0. The zero-order valence-corrected chi connectivity index (χ0v) is 15.9. The first kappa shape index (κ1) is 20.6. The third kappa shape index (κ3) is 6.20. The Morgan fingerprint density at radius 3 is 2.33 bits per heavy atom. The van der Waals surface area contributed by atoms with Gasteiger partial charge in [0.2, 0.25) is 11.8 Å². The molecular formula is C20H26N2O5. The van der Waals surface area contributed by atoms with Crippen LogP contribution in [0.2, 0.25) is 0 Å². The van der Waals surface area contributed by atoms with E-state index in [0.717, 1.165) is 5.56 Å². The minimum Gasteiger partial charge on any atom is -0.480 e. The maximum Gasteiger partial charge on any atom is 0.326 e. The highest BCUT2D eigenvalue weighted by Crippen LogP contribution is 2.22. The summed E-state index contributed by atoms with van der Waals surface area (Å²) in [6.07, 6.45) is 1.62. The molecule has 7 nitrogen and oxygen atoms in total. The van der Waals surface area contributed by atoms with E-state index in [9.17, 15) is 24.3 Å². The van der Waals surface area contributed by atoms with Crippen LogP contribution in [0.3, 0.4) is 0 Å². The van der Waals surface area contributed by atoms with E-state index >= 15 is 0 Å². The van der Waals surface area contributed by atoms with E-state index in [2.05, 4.69) is 10.6 Å². The monoisotopic (exact) mass is 374 g/mol. The van der Waals surface area contributed by atoms with Crippen molar-refractivity contribution in [2.45, 2.75) is 52.5 Å². The molecule has 1 saturated heterocycles. The van der Waals surface area contributed by atoms with Gasteiger partial charge in [0.15, 0.2) is 0 Å². The third-order valence-corrected chi connectivity index (χ3v) is 4.55. The molecule has 1 aromatic carbocycles. The Morgan fingerprint density at radius 2 is 1.85 bits per heavy atom. The van der Waals surface area contributed by atoms with Crippen LogP contribution >= 0.6 is 0 Å². The molecule has 0 radical (unpaired) electrons. The van der Waals surface area contributed by atoms with Crippen molar-refractivity contribution in [1.82, 2.24) is 10.6 Å². The SMILES string of the molecule is CC(C)(C)CCC(NC(=O)c1ccc(CC2CC(=O)NC2=O)cc1)C(=O)O. The van der Waals surface area contributed by atoms with Crippen molar-refractivity contribution >= 4 is 23.7 Å². The molecule has 1 aromatic rings. The lowest BCUT2D eigenvalue weighted by Gasteiger charge is -2.21. The quantitative estimate of drug-likeness (QED) is 0.631. The summed E-state index contributed by atoms with van der Waals surface area (Å²) in [6.45, 7) is 6.06.